The molecular formula is C52H64B2N2O12. The Kier molecular flexibility index (Phi) is 22.2. The van der Waals surface area contributed by atoms with E-state index in [0.29, 0.717) is 25.9 Å². The van der Waals surface area contributed by atoms with E-state index >= 15 is 0 Å². The third-order valence-electron chi connectivity index (χ3n) is 12.2. The first kappa shape index (κ1) is 53.0. The maximum atomic E-state index is 13.0. The fraction of sp³-hybridized carbons (Fsp3) is 0.423. The van der Waals surface area contributed by atoms with Crippen molar-refractivity contribution in [1.82, 2.24) is 9.62 Å². The lowest BCUT2D eigenvalue weighted by atomic mass is 9.82. The maximum absolute atomic E-state index is 13.0. The number of carbonyl (C=O) groups is 6. The molecule has 0 unspecified atom stereocenters. The summed E-state index contributed by atoms with van der Waals surface area (Å²) in [5, 5.41) is 20.0. The minimum absolute atomic E-state index is 0.00992. The number of rotatable bonds is 24. The van der Waals surface area contributed by atoms with Gasteiger partial charge in [0.15, 0.2) is 0 Å². The molecule has 16 heteroatoms. The number of ketones is 2. The highest BCUT2D eigenvalue weighted by Gasteiger charge is 2.38. The second kappa shape index (κ2) is 28.4. The Morgan fingerprint density at radius 2 is 0.794 bits per heavy atom. The van der Waals surface area contributed by atoms with Gasteiger partial charge in [0.05, 0.1) is 23.9 Å². The van der Waals surface area contributed by atoms with Crippen molar-refractivity contribution >= 4 is 49.5 Å². The van der Waals surface area contributed by atoms with Crippen molar-refractivity contribution in [3.05, 3.63) is 144 Å². The van der Waals surface area contributed by atoms with E-state index in [4.69, 9.17) is 18.9 Å². The molecule has 0 saturated carbocycles. The number of hydrogen-bond acceptors (Lipinski definition) is 14. The highest BCUT2D eigenvalue weighted by molar-refractivity contribution is 6.46. The SMILES string of the molecule is CB(O)N1CCC[C@H]1C(=O)C[C@@H](CCC(=O)OCc1ccccc1)C(=O)OCc1ccccc1.CB(O)N1CCC[C@H]1C(=O)C[C@@H](CCC(=O)OCc1ccccc1)C(=O)OCc1ccccc1. The molecule has 2 saturated heterocycles. The lowest BCUT2D eigenvalue weighted by molar-refractivity contribution is -0.154. The zero-order valence-electron chi connectivity index (χ0n) is 39.2. The van der Waals surface area contributed by atoms with Gasteiger partial charge < -0.3 is 38.6 Å². The molecule has 0 aromatic heterocycles. The smallest absolute Gasteiger partial charge is 0.377 e. The van der Waals surface area contributed by atoms with Gasteiger partial charge in [-0.25, -0.2) is 0 Å². The molecule has 2 aliphatic heterocycles. The van der Waals surface area contributed by atoms with Gasteiger partial charge in [-0.3, -0.25) is 28.8 Å². The third kappa shape index (κ3) is 17.9. The van der Waals surface area contributed by atoms with Gasteiger partial charge in [0, 0.05) is 25.7 Å². The monoisotopic (exact) mass is 930 g/mol. The molecule has 0 aliphatic carbocycles. The van der Waals surface area contributed by atoms with Crippen LogP contribution in [0.4, 0.5) is 0 Å². The van der Waals surface area contributed by atoms with Gasteiger partial charge in [0.2, 0.25) is 0 Å². The Labute approximate surface area is 400 Å². The summed E-state index contributed by atoms with van der Waals surface area (Å²) >= 11 is 0. The lowest BCUT2D eigenvalue weighted by Crippen LogP contribution is -2.45. The zero-order valence-corrected chi connectivity index (χ0v) is 39.2. The number of hydrogen-bond donors (Lipinski definition) is 2. The summed E-state index contributed by atoms with van der Waals surface area (Å²) in [5.74, 6) is -3.60. The molecule has 2 heterocycles. The largest absolute Gasteiger partial charge is 0.461 e. The molecule has 0 bridgehead atoms. The second-order valence-corrected chi connectivity index (χ2v) is 17.3. The van der Waals surface area contributed by atoms with Crippen molar-refractivity contribution in [2.45, 2.75) is 116 Å². The average molecular weight is 931 g/mol. The summed E-state index contributed by atoms with van der Waals surface area (Å²) < 4.78 is 21.6. The molecule has 68 heavy (non-hydrogen) atoms. The molecule has 0 radical (unpaired) electrons. The van der Waals surface area contributed by atoms with E-state index in [9.17, 15) is 38.8 Å². The molecule has 4 atom stereocenters. The predicted molar refractivity (Wildman–Crippen MR) is 257 cm³/mol. The normalized spacial score (nSPS) is 16.6. The highest BCUT2D eigenvalue weighted by Crippen LogP contribution is 2.26. The van der Waals surface area contributed by atoms with Crippen molar-refractivity contribution in [1.29, 1.82) is 0 Å². The van der Waals surface area contributed by atoms with E-state index in [0.717, 1.165) is 35.1 Å². The number of benzene rings is 4. The van der Waals surface area contributed by atoms with Crippen LogP contribution in [-0.2, 0) is 74.1 Å². The van der Waals surface area contributed by atoms with Gasteiger partial charge in [-0.05, 0) is 87.5 Å². The Bertz CT molecular complexity index is 2030. The molecule has 0 spiro atoms. The lowest BCUT2D eigenvalue weighted by Gasteiger charge is -2.25. The topological polar surface area (TPSA) is 186 Å². The summed E-state index contributed by atoms with van der Waals surface area (Å²) in [7, 11) is -1.46. The number of Topliss-reactive ketones (excluding diaryl/α,β-unsaturated/α-hetero) is 2. The summed E-state index contributed by atoms with van der Waals surface area (Å²) in [6, 6.07) is 36.5. The maximum Gasteiger partial charge on any atom is 0.377 e. The second-order valence-electron chi connectivity index (χ2n) is 17.3. The molecule has 4 aromatic rings. The Balaban J connectivity index is 0.000000254. The van der Waals surface area contributed by atoms with E-state index in [1.165, 1.54) is 0 Å². The first-order valence-corrected chi connectivity index (χ1v) is 23.6. The Morgan fingerprint density at radius 1 is 0.500 bits per heavy atom. The van der Waals surface area contributed by atoms with Crippen LogP contribution in [0.1, 0.15) is 86.5 Å². The van der Waals surface area contributed by atoms with Crippen LogP contribution >= 0.6 is 0 Å². The Morgan fingerprint density at radius 3 is 1.09 bits per heavy atom. The first-order valence-electron chi connectivity index (χ1n) is 23.6. The van der Waals surface area contributed by atoms with Gasteiger partial charge in [0.1, 0.15) is 38.0 Å². The molecule has 0 amide bonds. The summed E-state index contributed by atoms with van der Waals surface area (Å²) in [5.41, 5.74) is 3.45. The van der Waals surface area contributed by atoms with Gasteiger partial charge in [-0.2, -0.15) is 0 Å². The van der Waals surface area contributed by atoms with E-state index in [2.05, 4.69) is 0 Å². The van der Waals surface area contributed by atoms with Gasteiger partial charge in [-0.1, -0.05) is 121 Å². The quantitative estimate of drug-likeness (QED) is 0.0424. The molecule has 360 valence electrons. The van der Waals surface area contributed by atoms with E-state index in [1.54, 1.807) is 23.3 Å². The Hall–Kier alpha value is -5.93. The van der Waals surface area contributed by atoms with Crippen molar-refractivity contribution < 1.29 is 57.8 Å². The number of carbonyl (C=O) groups excluding carboxylic acids is 6. The molecular weight excluding hydrogens is 866 g/mol. The van der Waals surface area contributed by atoms with Crippen LogP contribution in [-0.4, -0.2) is 94.4 Å². The van der Waals surface area contributed by atoms with Crippen molar-refractivity contribution in [3.63, 3.8) is 0 Å². The highest BCUT2D eigenvalue weighted by atomic mass is 16.5. The number of esters is 4. The zero-order chi connectivity index (χ0) is 48.7. The minimum atomic E-state index is -0.753. The van der Waals surface area contributed by atoms with Crippen molar-refractivity contribution in [2.75, 3.05) is 13.1 Å². The molecule has 4 aromatic carbocycles. The molecule has 2 N–H and O–H groups in total. The molecule has 6 rings (SSSR count). The van der Waals surface area contributed by atoms with Crippen LogP contribution in [0.25, 0.3) is 0 Å². The van der Waals surface area contributed by atoms with Crippen LogP contribution in [0.2, 0.25) is 13.6 Å². The standard InChI is InChI=1S/2C26H32BNO6/c2*1-27(32)28-16-8-13-23(28)24(29)17-22(26(31)34-19-21-11-6-3-7-12-21)14-15-25(30)33-18-20-9-4-2-5-10-20/h2*2-7,9-12,22-23,32H,8,13-19H2,1H3/t2*22-,23+/m11/s1. The van der Waals surface area contributed by atoms with Crippen LogP contribution in [0.5, 0.6) is 0 Å². The third-order valence-corrected chi connectivity index (χ3v) is 12.2. The van der Waals surface area contributed by atoms with Gasteiger partial charge in [-0.15, -0.1) is 0 Å². The van der Waals surface area contributed by atoms with Gasteiger partial charge in [0.25, 0.3) is 0 Å². The van der Waals surface area contributed by atoms with E-state index in [-0.39, 0.29) is 76.5 Å². The van der Waals surface area contributed by atoms with Crippen molar-refractivity contribution in [2.24, 2.45) is 11.8 Å². The summed E-state index contributed by atoms with van der Waals surface area (Å²) in [4.78, 5) is 79.9. The van der Waals surface area contributed by atoms with Crippen LogP contribution < -0.4 is 0 Å². The van der Waals surface area contributed by atoms with Crippen LogP contribution in [0, 0.1) is 11.8 Å². The number of ether oxygens (including phenoxy) is 4. The van der Waals surface area contributed by atoms with E-state index < -0.39 is 61.9 Å². The van der Waals surface area contributed by atoms with Crippen molar-refractivity contribution in [3.8, 4) is 0 Å². The fourth-order valence-corrected chi connectivity index (χ4v) is 8.43. The minimum Gasteiger partial charge on any atom is -0.461 e. The van der Waals surface area contributed by atoms with E-state index in [1.807, 2.05) is 121 Å². The van der Waals surface area contributed by atoms with Gasteiger partial charge >= 0.3 is 38.0 Å². The predicted octanol–water partition coefficient (Wildman–Crippen LogP) is 6.81. The summed E-state index contributed by atoms with van der Waals surface area (Å²) in [6.07, 6.45) is 3.20. The number of nitrogens with zero attached hydrogens (tertiary/aromatic N) is 2. The average Bonchev–Trinajstić information content (AvgIpc) is 4.07. The fourth-order valence-electron chi connectivity index (χ4n) is 8.43. The molecule has 14 nitrogen and oxygen atoms in total. The molecule has 2 fully saturated rings. The first-order chi connectivity index (χ1) is 32.9. The van der Waals surface area contributed by atoms with Crippen LogP contribution in [0.15, 0.2) is 121 Å². The van der Waals surface area contributed by atoms with Crippen LogP contribution in [0.3, 0.4) is 0 Å². The summed E-state index contributed by atoms with van der Waals surface area (Å²) in [6.45, 7) is 5.09. The molecule has 2 aliphatic rings.